The van der Waals surface area contributed by atoms with Crippen LogP contribution in [0.3, 0.4) is 0 Å². The van der Waals surface area contributed by atoms with Crippen LogP contribution in [0.2, 0.25) is 0 Å². The molecule has 0 bridgehead atoms. The molecule has 0 rings (SSSR count). The van der Waals surface area contributed by atoms with Crippen LogP contribution in [0.1, 0.15) is 425 Å². The number of hydrogen-bond donors (Lipinski definition) is 0. The molecule has 0 aromatic heterocycles. The Morgan fingerprint density at radius 2 is 0.412 bits per heavy atom. The number of carbonyl (C=O) groups excluding carboxylic acids is 3. The summed E-state index contributed by atoms with van der Waals surface area (Å²) in [6, 6.07) is 0. The Hall–Kier alpha value is -1.85. The smallest absolute Gasteiger partial charge is 0.306 e. The van der Waals surface area contributed by atoms with Gasteiger partial charge in [0.1, 0.15) is 13.2 Å². The summed E-state index contributed by atoms with van der Waals surface area (Å²) in [4.78, 5) is 38.3. The Bertz CT molecular complexity index is 1250. The van der Waals surface area contributed by atoms with Crippen molar-refractivity contribution < 1.29 is 28.6 Å². The normalized spacial score (nSPS) is 12.0. The third-order valence-corrected chi connectivity index (χ3v) is 17.0. The molecule has 0 N–H and O–H groups in total. The maximum Gasteiger partial charge on any atom is 0.306 e. The summed E-state index contributed by atoms with van der Waals surface area (Å²) >= 11 is 0. The molecule has 0 aliphatic rings. The summed E-state index contributed by atoms with van der Waals surface area (Å²) in [5.41, 5.74) is 0. The summed E-state index contributed by atoms with van der Waals surface area (Å²) in [6.07, 6.45) is 84.2. The second-order valence-corrected chi connectivity index (χ2v) is 25.2. The molecule has 474 valence electrons. The zero-order valence-electron chi connectivity index (χ0n) is 54.6. The highest BCUT2D eigenvalue weighted by atomic mass is 16.6. The Labute approximate surface area is 501 Å². The lowest BCUT2D eigenvalue weighted by Crippen LogP contribution is -2.30. The number of rotatable bonds is 69. The van der Waals surface area contributed by atoms with Crippen molar-refractivity contribution in [2.75, 3.05) is 13.2 Å². The Morgan fingerprint density at radius 1 is 0.237 bits per heavy atom. The second-order valence-electron chi connectivity index (χ2n) is 25.2. The number of esters is 3. The lowest BCUT2D eigenvalue weighted by atomic mass is 10.0. The molecular weight excluding hydrogens is 985 g/mol. The highest BCUT2D eigenvalue weighted by Crippen LogP contribution is 2.19. The molecule has 0 aromatic rings. The monoisotopic (exact) mass is 1130 g/mol. The van der Waals surface area contributed by atoms with Gasteiger partial charge in [0, 0.05) is 19.3 Å². The molecule has 0 fully saturated rings. The van der Waals surface area contributed by atoms with Gasteiger partial charge in [-0.3, -0.25) is 14.4 Å². The summed E-state index contributed by atoms with van der Waals surface area (Å²) in [6.45, 7) is 6.71. The van der Waals surface area contributed by atoms with Crippen LogP contribution in [0.15, 0.2) is 12.2 Å². The molecule has 0 heterocycles. The Morgan fingerprint density at radius 3 is 0.625 bits per heavy atom. The van der Waals surface area contributed by atoms with Crippen molar-refractivity contribution in [3.05, 3.63) is 12.2 Å². The molecule has 6 nitrogen and oxygen atoms in total. The minimum atomic E-state index is -0.766. The first-order chi connectivity index (χ1) is 39.5. The van der Waals surface area contributed by atoms with Gasteiger partial charge < -0.3 is 14.2 Å². The molecule has 6 heteroatoms. The molecule has 80 heavy (non-hydrogen) atoms. The van der Waals surface area contributed by atoms with Gasteiger partial charge in [0.2, 0.25) is 0 Å². The van der Waals surface area contributed by atoms with Crippen LogP contribution in [0, 0.1) is 0 Å². The zero-order chi connectivity index (χ0) is 57.8. The van der Waals surface area contributed by atoms with Crippen molar-refractivity contribution in [2.24, 2.45) is 0 Å². The fraction of sp³-hybridized carbons (Fsp3) is 0.932. The number of unbranched alkanes of at least 4 members (excludes halogenated alkanes) is 56. The highest BCUT2D eigenvalue weighted by Gasteiger charge is 2.20. The summed E-state index contributed by atoms with van der Waals surface area (Å²) < 4.78 is 17.0. The summed E-state index contributed by atoms with van der Waals surface area (Å²) in [7, 11) is 0. The largest absolute Gasteiger partial charge is 0.462 e. The van der Waals surface area contributed by atoms with Crippen LogP contribution in [-0.4, -0.2) is 37.2 Å². The van der Waals surface area contributed by atoms with Crippen LogP contribution in [0.4, 0.5) is 0 Å². The first kappa shape index (κ1) is 78.1. The molecule has 0 amide bonds. The van der Waals surface area contributed by atoms with Crippen molar-refractivity contribution in [3.8, 4) is 0 Å². The first-order valence-electron chi connectivity index (χ1n) is 36.7. The van der Waals surface area contributed by atoms with E-state index in [0.717, 1.165) is 57.8 Å². The second kappa shape index (κ2) is 69.6. The van der Waals surface area contributed by atoms with Crippen molar-refractivity contribution >= 4 is 17.9 Å². The van der Waals surface area contributed by atoms with Gasteiger partial charge in [-0.1, -0.05) is 373 Å². The maximum absolute atomic E-state index is 12.9. The fourth-order valence-electron chi connectivity index (χ4n) is 11.5. The van der Waals surface area contributed by atoms with Crippen LogP contribution in [-0.2, 0) is 28.6 Å². The van der Waals surface area contributed by atoms with Crippen molar-refractivity contribution in [1.82, 2.24) is 0 Å². The van der Waals surface area contributed by atoms with E-state index in [-0.39, 0.29) is 31.1 Å². The molecule has 1 unspecified atom stereocenters. The maximum atomic E-state index is 12.9. The molecule has 0 saturated carbocycles. The topological polar surface area (TPSA) is 78.9 Å². The Balaban J connectivity index is 4.04. The molecule has 0 aliphatic carbocycles. The van der Waals surface area contributed by atoms with Crippen molar-refractivity contribution in [3.63, 3.8) is 0 Å². The quantitative estimate of drug-likeness (QED) is 0.0261. The van der Waals surface area contributed by atoms with Crippen molar-refractivity contribution in [1.29, 1.82) is 0 Å². The number of ether oxygens (including phenoxy) is 3. The average Bonchev–Trinajstić information content (AvgIpc) is 3.46. The van der Waals surface area contributed by atoms with E-state index in [4.69, 9.17) is 14.2 Å². The third-order valence-electron chi connectivity index (χ3n) is 17.0. The lowest BCUT2D eigenvalue weighted by molar-refractivity contribution is -0.167. The molecular formula is C74H142O6. The van der Waals surface area contributed by atoms with Gasteiger partial charge in [0.15, 0.2) is 6.10 Å². The predicted molar refractivity (Wildman–Crippen MR) is 349 cm³/mol. The van der Waals surface area contributed by atoms with E-state index in [1.54, 1.807) is 0 Å². The van der Waals surface area contributed by atoms with Gasteiger partial charge in [0.05, 0.1) is 0 Å². The average molecular weight is 1130 g/mol. The van der Waals surface area contributed by atoms with E-state index in [2.05, 4.69) is 32.9 Å². The van der Waals surface area contributed by atoms with Gasteiger partial charge in [-0.05, 0) is 44.9 Å². The van der Waals surface area contributed by atoms with Crippen LogP contribution < -0.4 is 0 Å². The highest BCUT2D eigenvalue weighted by molar-refractivity contribution is 5.71. The van der Waals surface area contributed by atoms with E-state index >= 15 is 0 Å². The van der Waals surface area contributed by atoms with Crippen LogP contribution in [0.25, 0.3) is 0 Å². The molecule has 0 radical (unpaired) electrons. The SMILES string of the molecule is CCCCCCCCCC/C=C\CCCCCCCCCCCCCC(=O)OC(COC(=O)CCCCCCCCCCC)COC(=O)CCCCCCCCCCCCCCCCCCCCCCCCCCCCCCCC. The van der Waals surface area contributed by atoms with E-state index < -0.39 is 6.10 Å². The lowest BCUT2D eigenvalue weighted by Gasteiger charge is -2.18. The standard InChI is InChI=1S/C74H142O6/c1-4-7-10-13-16-19-21-23-25-27-29-31-33-34-35-36-37-38-39-41-42-44-46-48-50-52-55-58-61-64-67-73(76)79-70-71(69-78-72(75)66-63-60-57-54-18-15-12-9-6-3)80-74(77)68-65-62-59-56-53-51-49-47-45-43-40-32-30-28-26-24-22-20-17-14-11-8-5-2/h28,30,71H,4-27,29,31-70H2,1-3H3/b30-28-. The first-order valence-corrected chi connectivity index (χ1v) is 36.7. The van der Waals surface area contributed by atoms with Gasteiger partial charge >= 0.3 is 17.9 Å². The zero-order valence-corrected chi connectivity index (χ0v) is 54.6. The van der Waals surface area contributed by atoms with E-state index in [1.165, 1.54) is 327 Å². The van der Waals surface area contributed by atoms with Gasteiger partial charge in [-0.25, -0.2) is 0 Å². The summed E-state index contributed by atoms with van der Waals surface area (Å²) in [5.74, 6) is -0.834. The van der Waals surface area contributed by atoms with E-state index in [1.807, 2.05) is 0 Å². The molecule has 0 spiro atoms. The van der Waals surface area contributed by atoms with Crippen LogP contribution >= 0.6 is 0 Å². The predicted octanol–water partition coefficient (Wildman–Crippen LogP) is 25.2. The van der Waals surface area contributed by atoms with Crippen LogP contribution in [0.5, 0.6) is 0 Å². The molecule has 0 aromatic carbocycles. The van der Waals surface area contributed by atoms with Crippen molar-refractivity contribution in [2.45, 2.75) is 431 Å². The minimum Gasteiger partial charge on any atom is -0.462 e. The van der Waals surface area contributed by atoms with Gasteiger partial charge in [-0.15, -0.1) is 0 Å². The number of allylic oxidation sites excluding steroid dienone is 2. The summed E-state index contributed by atoms with van der Waals surface area (Å²) in [5, 5.41) is 0. The van der Waals surface area contributed by atoms with Gasteiger partial charge in [0.25, 0.3) is 0 Å². The van der Waals surface area contributed by atoms with E-state index in [0.29, 0.717) is 19.3 Å². The Kier molecular flexibility index (Phi) is 68.0. The fourth-order valence-corrected chi connectivity index (χ4v) is 11.5. The van der Waals surface area contributed by atoms with Gasteiger partial charge in [-0.2, -0.15) is 0 Å². The third kappa shape index (κ3) is 66.9. The number of carbonyl (C=O) groups is 3. The molecule has 0 saturated heterocycles. The minimum absolute atomic E-state index is 0.0636. The van der Waals surface area contributed by atoms with E-state index in [9.17, 15) is 14.4 Å². The molecule has 0 aliphatic heterocycles. The molecule has 1 atom stereocenters. The number of hydrogen-bond acceptors (Lipinski definition) is 6.